The first-order valence-corrected chi connectivity index (χ1v) is 8.06. The number of alkyl halides is 3. The average molecular weight is 317 g/mol. The van der Waals surface area contributed by atoms with Crippen LogP contribution in [0.1, 0.15) is 62.0 Å². The molecule has 2 rings (SSSR count). The van der Waals surface area contributed by atoms with Crippen LogP contribution in [-0.4, -0.2) is 22.0 Å². The summed E-state index contributed by atoms with van der Waals surface area (Å²) in [6.45, 7) is 5.50. The van der Waals surface area contributed by atoms with Crippen LogP contribution < -0.4 is 5.32 Å². The Bertz CT molecular complexity index is 499. The third-order valence-corrected chi connectivity index (χ3v) is 5.01. The number of nitrogens with one attached hydrogen (secondary N) is 1. The first-order valence-electron chi connectivity index (χ1n) is 8.06. The van der Waals surface area contributed by atoms with Crippen LogP contribution in [0.5, 0.6) is 0 Å². The Morgan fingerprint density at radius 2 is 1.82 bits per heavy atom. The van der Waals surface area contributed by atoms with Crippen molar-refractivity contribution in [3.63, 3.8) is 0 Å². The van der Waals surface area contributed by atoms with E-state index in [1.807, 2.05) is 0 Å². The van der Waals surface area contributed by atoms with Gasteiger partial charge in [-0.25, -0.2) is 0 Å². The van der Waals surface area contributed by atoms with E-state index in [9.17, 15) is 13.2 Å². The number of hydrogen-bond donors (Lipinski definition) is 1. The van der Waals surface area contributed by atoms with Gasteiger partial charge in [-0.2, -0.15) is 18.3 Å². The van der Waals surface area contributed by atoms with Crippen LogP contribution in [0.15, 0.2) is 0 Å². The highest BCUT2D eigenvalue weighted by Gasteiger charge is 2.44. The summed E-state index contributed by atoms with van der Waals surface area (Å²) < 4.78 is 42.2. The van der Waals surface area contributed by atoms with Gasteiger partial charge in [-0.05, 0) is 45.4 Å². The third kappa shape index (κ3) is 3.65. The number of halogens is 3. The molecule has 0 amide bonds. The van der Waals surface area contributed by atoms with Gasteiger partial charge in [0.15, 0.2) is 0 Å². The van der Waals surface area contributed by atoms with Gasteiger partial charge in [0.2, 0.25) is 0 Å². The van der Waals surface area contributed by atoms with E-state index in [2.05, 4.69) is 17.3 Å². The highest BCUT2D eigenvalue weighted by molar-refractivity contribution is 5.29. The van der Waals surface area contributed by atoms with Crippen LogP contribution in [0.3, 0.4) is 0 Å². The van der Waals surface area contributed by atoms with Crippen LogP contribution in [0.2, 0.25) is 0 Å². The Labute approximate surface area is 130 Å². The largest absolute Gasteiger partial charge is 0.408 e. The summed E-state index contributed by atoms with van der Waals surface area (Å²) in [7, 11) is 1.69. The second kappa shape index (κ2) is 6.60. The second-order valence-corrected chi connectivity index (χ2v) is 6.48. The number of aromatic nitrogens is 2. The molecular formula is C16H26F3N3. The molecule has 1 aromatic rings. The van der Waals surface area contributed by atoms with Crippen molar-refractivity contribution >= 4 is 0 Å². The minimum atomic E-state index is -4.31. The summed E-state index contributed by atoms with van der Waals surface area (Å²) in [5, 5.41) is 7.01. The SMILES string of the molecule is CCC1CCC(N[C@@H](c2c(C)nn(C)c2C)C(F)(F)F)CC1. The number of rotatable bonds is 4. The summed E-state index contributed by atoms with van der Waals surface area (Å²) in [6, 6.07) is -1.68. The van der Waals surface area contributed by atoms with Gasteiger partial charge in [0.05, 0.1) is 5.69 Å². The lowest BCUT2D eigenvalue weighted by Crippen LogP contribution is -2.42. The van der Waals surface area contributed by atoms with E-state index in [0.717, 1.165) is 32.1 Å². The predicted molar refractivity (Wildman–Crippen MR) is 80.7 cm³/mol. The highest BCUT2D eigenvalue weighted by atomic mass is 19.4. The Morgan fingerprint density at radius 3 is 2.23 bits per heavy atom. The Balaban J connectivity index is 2.18. The van der Waals surface area contributed by atoms with Crippen molar-refractivity contribution in [1.82, 2.24) is 15.1 Å². The van der Waals surface area contributed by atoms with Gasteiger partial charge in [-0.1, -0.05) is 13.3 Å². The molecule has 1 atom stereocenters. The van der Waals surface area contributed by atoms with Crippen LogP contribution in [0, 0.1) is 19.8 Å². The highest BCUT2D eigenvalue weighted by Crippen LogP contribution is 2.38. The molecule has 1 fully saturated rings. The molecule has 3 nitrogen and oxygen atoms in total. The van der Waals surface area contributed by atoms with Crippen molar-refractivity contribution in [3.05, 3.63) is 17.0 Å². The van der Waals surface area contributed by atoms with E-state index in [1.54, 1.807) is 20.9 Å². The lowest BCUT2D eigenvalue weighted by molar-refractivity contribution is -0.160. The van der Waals surface area contributed by atoms with Crippen LogP contribution in [0.4, 0.5) is 13.2 Å². The van der Waals surface area contributed by atoms with Crippen LogP contribution in [0.25, 0.3) is 0 Å². The van der Waals surface area contributed by atoms with Gasteiger partial charge < -0.3 is 0 Å². The smallest absolute Gasteiger partial charge is 0.300 e. The predicted octanol–water partition coefficient (Wildman–Crippen LogP) is 4.20. The fraction of sp³-hybridized carbons (Fsp3) is 0.812. The molecule has 1 aliphatic rings. The lowest BCUT2D eigenvalue weighted by atomic mass is 9.84. The van der Waals surface area contributed by atoms with Gasteiger partial charge in [-0.15, -0.1) is 0 Å². The number of hydrogen-bond acceptors (Lipinski definition) is 2. The maximum Gasteiger partial charge on any atom is 0.408 e. The molecule has 0 spiro atoms. The molecule has 22 heavy (non-hydrogen) atoms. The van der Waals surface area contributed by atoms with E-state index in [0.29, 0.717) is 17.3 Å². The molecule has 1 saturated carbocycles. The van der Waals surface area contributed by atoms with Crippen molar-refractivity contribution in [2.24, 2.45) is 13.0 Å². The number of nitrogens with zero attached hydrogens (tertiary/aromatic N) is 2. The molecule has 1 heterocycles. The van der Waals surface area contributed by atoms with Crippen LogP contribution >= 0.6 is 0 Å². The molecular weight excluding hydrogens is 291 g/mol. The van der Waals surface area contributed by atoms with E-state index in [-0.39, 0.29) is 11.6 Å². The van der Waals surface area contributed by atoms with Crippen molar-refractivity contribution in [2.45, 2.75) is 71.1 Å². The summed E-state index contributed by atoms with van der Waals surface area (Å²) in [5.41, 5.74) is 1.32. The van der Waals surface area contributed by atoms with Gasteiger partial charge in [0.25, 0.3) is 0 Å². The molecule has 0 aromatic carbocycles. The topological polar surface area (TPSA) is 29.9 Å². The molecule has 126 valence electrons. The van der Waals surface area contributed by atoms with Crippen LogP contribution in [-0.2, 0) is 7.05 Å². The average Bonchev–Trinajstić information content (AvgIpc) is 2.69. The van der Waals surface area contributed by atoms with Gasteiger partial charge in [-0.3, -0.25) is 10.00 Å². The van der Waals surface area contributed by atoms with Gasteiger partial charge in [0, 0.05) is 24.3 Å². The second-order valence-electron chi connectivity index (χ2n) is 6.48. The normalized spacial score (nSPS) is 24.5. The molecule has 1 N–H and O–H groups in total. The summed E-state index contributed by atoms with van der Waals surface area (Å²) >= 11 is 0. The summed E-state index contributed by atoms with van der Waals surface area (Å²) in [6.07, 6.45) is 0.497. The standard InChI is InChI=1S/C16H26F3N3/c1-5-12-6-8-13(9-7-12)20-15(16(17,18)19)14-10(2)21-22(4)11(14)3/h12-13,15,20H,5-9H2,1-4H3/t12?,13?,15-/m0/s1. The first-order chi connectivity index (χ1) is 10.2. The third-order valence-electron chi connectivity index (χ3n) is 5.01. The zero-order valence-corrected chi connectivity index (χ0v) is 13.8. The molecule has 1 aromatic heterocycles. The fourth-order valence-electron chi connectivity index (χ4n) is 3.52. The lowest BCUT2D eigenvalue weighted by Gasteiger charge is -2.33. The maximum atomic E-state index is 13.6. The molecule has 0 radical (unpaired) electrons. The fourth-order valence-corrected chi connectivity index (χ4v) is 3.52. The molecule has 0 saturated heterocycles. The zero-order chi connectivity index (χ0) is 16.5. The minimum Gasteiger partial charge on any atom is -0.300 e. The van der Waals surface area contributed by atoms with E-state index >= 15 is 0 Å². The first kappa shape index (κ1) is 17.3. The van der Waals surface area contributed by atoms with Crippen molar-refractivity contribution < 1.29 is 13.2 Å². The Hall–Kier alpha value is -1.04. The summed E-state index contributed by atoms with van der Waals surface area (Å²) in [4.78, 5) is 0. The zero-order valence-electron chi connectivity index (χ0n) is 13.8. The molecule has 0 aliphatic heterocycles. The molecule has 6 heteroatoms. The molecule has 0 unspecified atom stereocenters. The van der Waals surface area contributed by atoms with Crippen molar-refractivity contribution in [3.8, 4) is 0 Å². The van der Waals surface area contributed by atoms with Crippen molar-refractivity contribution in [1.29, 1.82) is 0 Å². The minimum absolute atomic E-state index is 0.0616. The van der Waals surface area contributed by atoms with Gasteiger partial charge >= 0.3 is 6.18 Å². The van der Waals surface area contributed by atoms with E-state index < -0.39 is 12.2 Å². The Morgan fingerprint density at radius 1 is 1.23 bits per heavy atom. The number of aryl methyl sites for hydroxylation is 2. The van der Waals surface area contributed by atoms with E-state index in [4.69, 9.17) is 0 Å². The summed E-state index contributed by atoms with van der Waals surface area (Å²) in [5.74, 6) is 0.671. The molecule has 0 bridgehead atoms. The Kier molecular flexibility index (Phi) is 5.20. The maximum absolute atomic E-state index is 13.6. The molecule has 1 aliphatic carbocycles. The monoisotopic (exact) mass is 317 g/mol. The van der Waals surface area contributed by atoms with Gasteiger partial charge in [0.1, 0.15) is 6.04 Å². The quantitative estimate of drug-likeness (QED) is 0.902. The van der Waals surface area contributed by atoms with Crippen molar-refractivity contribution in [2.75, 3.05) is 0 Å². The van der Waals surface area contributed by atoms with E-state index in [1.165, 1.54) is 4.68 Å².